The number of esters is 1. The van der Waals surface area contributed by atoms with Crippen LogP contribution in [0.25, 0.3) is 0 Å². The second-order valence-electron chi connectivity index (χ2n) is 6.31. The number of rotatable bonds is 8. The maximum atomic E-state index is 13.8. The molecule has 1 amide bonds. The Kier molecular flexibility index (Phi) is 8.78. The summed E-state index contributed by atoms with van der Waals surface area (Å²) < 4.78 is 25.3. The smallest absolute Gasteiger partial charge is 0.412 e. The summed E-state index contributed by atoms with van der Waals surface area (Å²) in [5.41, 5.74) is 0.906. The minimum Gasteiger partial charge on any atom is -0.505 e. The fourth-order valence-corrected chi connectivity index (χ4v) is 2.92. The summed E-state index contributed by atoms with van der Waals surface area (Å²) in [6.45, 7) is 1.90. The van der Waals surface area contributed by atoms with Gasteiger partial charge in [0.15, 0.2) is 11.6 Å². The van der Waals surface area contributed by atoms with Gasteiger partial charge >= 0.3 is 12.1 Å². The van der Waals surface area contributed by atoms with Gasteiger partial charge in [-0.2, -0.15) is 12.6 Å². The lowest BCUT2D eigenvalue weighted by molar-refractivity contribution is -0.141. The molecule has 156 valence electrons. The highest BCUT2D eigenvalue weighted by atomic mass is 79.9. The van der Waals surface area contributed by atoms with Crippen molar-refractivity contribution in [2.45, 2.75) is 19.4 Å². The molecule has 0 aromatic heterocycles. The van der Waals surface area contributed by atoms with E-state index in [1.807, 2.05) is 0 Å². The number of thiol groups is 1. The van der Waals surface area contributed by atoms with Crippen LogP contribution in [0.1, 0.15) is 25.0 Å². The fraction of sp³-hybridized carbons (Fsp3) is 0.300. The van der Waals surface area contributed by atoms with E-state index in [9.17, 15) is 19.1 Å². The molecule has 2 atom stereocenters. The van der Waals surface area contributed by atoms with Crippen molar-refractivity contribution in [3.8, 4) is 5.75 Å². The lowest BCUT2D eigenvalue weighted by Gasteiger charge is -2.25. The molecule has 0 bridgehead atoms. The highest BCUT2D eigenvalue weighted by molar-refractivity contribution is 9.10. The highest BCUT2D eigenvalue weighted by Gasteiger charge is 2.25. The average molecular weight is 486 g/mol. The number of carbonyl (C=O) groups excluding carboxylic acids is 2. The van der Waals surface area contributed by atoms with E-state index in [0.717, 1.165) is 10.5 Å². The SMILES string of the molecule is C[C@@H](CCOC(=O)CS)[C@H](OC(=O)Nc1ccc(Br)cc1)c1ccc(O)c(F)c1. The van der Waals surface area contributed by atoms with Gasteiger partial charge in [-0.1, -0.05) is 28.9 Å². The van der Waals surface area contributed by atoms with Crippen molar-refractivity contribution in [2.24, 2.45) is 5.92 Å². The highest BCUT2D eigenvalue weighted by Crippen LogP contribution is 2.31. The zero-order valence-electron chi connectivity index (χ0n) is 15.6. The van der Waals surface area contributed by atoms with E-state index in [1.165, 1.54) is 12.1 Å². The normalized spacial score (nSPS) is 12.7. The molecule has 0 heterocycles. The topological polar surface area (TPSA) is 84.9 Å². The zero-order valence-corrected chi connectivity index (χ0v) is 18.1. The number of halogens is 2. The molecular formula is C20H21BrFNO5S. The molecule has 2 aromatic rings. The van der Waals surface area contributed by atoms with Gasteiger partial charge in [-0.05, 0) is 48.4 Å². The Morgan fingerprint density at radius 3 is 2.55 bits per heavy atom. The van der Waals surface area contributed by atoms with Gasteiger partial charge in [0.25, 0.3) is 0 Å². The van der Waals surface area contributed by atoms with E-state index in [-0.39, 0.29) is 18.3 Å². The number of aromatic hydroxyl groups is 1. The van der Waals surface area contributed by atoms with Crippen LogP contribution >= 0.6 is 28.6 Å². The number of phenolic OH excluding ortho intramolecular Hbond substituents is 1. The van der Waals surface area contributed by atoms with Crippen molar-refractivity contribution in [3.05, 3.63) is 58.3 Å². The standard InChI is InChI=1S/C20H21BrFNO5S/c1-12(8-9-27-18(25)11-29)19(13-2-7-17(24)16(22)10-13)28-20(26)23-15-5-3-14(21)4-6-15/h2-7,10,12,19,24,29H,8-9,11H2,1H3,(H,23,26)/t12-,19-/m0/s1. The van der Waals surface area contributed by atoms with Crippen molar-refractivity contribution in [3.63, 3.8) is 0 Å². The number of anilines is 1. The van der Waals surface area contributed by atoms with E-state index in [2.05, 4.69) is 33.9 Å². The van der Waals surface area contributed by atoms with Crippen molar-refractivity contribution in [1.29, 1.82) is 0 Å². The summed E-state index contributed by atoms with van der Waals surface area (Å²) >= 11 is 7.15. The van der Waals surface area contributed by atoms with Crippen LogP contribution in [0.5, 0.6) is 5.75 Å². The van der Waals surface area contributed by atoms with Crippen LogP contribution in [0, 0.1) is 11.7 Å². The van der Waals surface area contributed by atoms with Crippen molar-refractivity contribution < 1.29 is 28.6 Å². The minimum atomic E-state index is -0.824. The molecule has 0 saturated carbocycles. The van der Waals surface area contributed by atoms with Gasteiger partial charge in [0.1, 0.15) is 6.10 Å². The number of ether oxygens (including phenoxy) is 2. The molecule has 0 aliphatic rings. The second kappa shape index (κ2) is 11.1. The molecule has 2 rings (SSSR count). The molecule has 0 spiro atoms. The van der Waals surface area contributed by atoms with Gasteiger partial charge in [-0.3, -0.25) is 10.1 Å². The Bertz CT molecular complexity index is 849. The Hall–Kier alpha value is -2.26. The molecule has 29 heavy (non-hydrogen) atoms. The van der Waals surface area contributed by atoms with Crippen LogP contribution in [0.15, 0.2) is 46.9 Å². The molecule has 2 aromatic carbocycles. The van der Waals surface area contributed by atoms with Crippen LogP contribution in [-0.2, 0) is 14.3 Å². The van der Waals surface area contributed by atoms with Crippen LogP contribution in [0.3, 0.4) is 0 Å². The molecule has 0 radical (unpaired) electrons. The third kappa shape index (κ3) is 7.25. The first kappa shape index (κ1) is 23.0. The molecule has 0 fully saturated rings. The molecule has 0 unspecified atom stereocenters. The first-order valence-electron chi connectivity index (χ1n) is 8.78. The maximum Gasteiger partial charge on any atom is 0.412 e. The Morgan fingerprint density at radius 1 is 1.24 bits per heavy atom. The summed E-state index contributed by atoms with van der Waals surface area (Å²) in [4.78, 5) is 23.6. The lowest BCUT2D eigenvalue weighted by atomic mass is 9.94. The largest absolute Gasteiger partial charge is 0.505 e. The maximum absolute atomic E-state index is 13.8. The first-order chi connectivity index (χ1) is 13.8. The number of nitrogens with one attached hydrogen (secondary N) is 1. The van der Waals surface area contributed by atoms with E-state index < -0.39 is 29.7 Å². The summed E-state index contributed by atoms with van der Waals surface area (Å²) in [5.74, 6) is -2.11. The fourth-order valence-electron chi connectivity index (χ4n) is 2.56. The summed E-state index contributed by atoms with van der Waals surface area (Å²) in [6, 6.07) is 10.7. The van der Waals surface area contributed by atoms with Gasteiger partial charge in [0.05, 0.1) is 12.4 Å². The van der Waals surface area contributed by atoms with Crippen LogP contribution in [0.4, 0.5) is 14.9 Å². The molecular weight excluding hydrogens is 465 g/mol. The molecule has 0 aliphatic carbocycles. The quantitative estimate of drug-likeness (QED) is 0.358. The Balaban J connectivity index is 2.12. The number of carbonyl (C=O) groups is 2. The van der Waals surface area contributed by atoms with Crippen molar-refractivity contribution in [1.82, 2.24) is 0 Å². The number of hydrogen-bond donors (Lipinski definition) is 3. The van der Waals surface area contributed by atoms with Gasteiger partial charge in [-0.25, -0.2) is 9.18 Å². The molecule has 2 N–H and O–H groups in total. The van der Waals surface area contributed by atoms with Crippen LogP contribution in [-0.4, -0.2) is 29.5 Å². The number of hydrogen-bond acceptors (Lipinski definition) is 6. The zero-order chi connectivity index (χ0) is 21.4. The Labute approximate surface area is 181 Å². The van der Waals surface area contributed by atoms with Gasteiger partial charge in [-0.15, -0.1) is 0 Å². The van der Waals surface area contributed by atoms with Gasteiger partial charge < -0.3 is 14.6 Å². The minimum absolute atomic E-state index is 0.0346. The molecule has 6 nitrogen and oxygen atoms in total. The van der Waals surface area contributed by atoms with Crippen LogP contribution < -0.4 is 5.32 Å². The predicted octanol–water partition coefficient (Wildman–Crippen LogP) is 5.08. The number of phenols is 1. The third-order valence-electron chi connectivity index (χ3n) is 4.11. The summed E-state index contributed by atoms with van der Waals surface area (Å²) in [6.07, 6.45) is -1.17. The van der Waals surface area contributed by atoms with E-state index in [0.29, 0.717) is 17.7 Å². The average Bonchev–Trinajstić information content (AvgIpc) is 2.69. The number of benzene rings is 2. The van der Waals surface area contributed by atoms with Crippen molar-refractivity contribution in [2.75, 3.05) is 17.7 Å². The molecule has 0 aliphatic heterocycles. The summed E-state index contributed by atoms with van der Waals surface area (Å²) in [5, 5.41) is 12.0. The monoisotopic (exact) mass is 485 g/mol. The first-order valence-corrected chi connectivity index (χ1v) is 10.2. The van der Waals surface area contributed by atoms with E-state index in [4.69, 9.17) is 9.47 Å². The van der Waals surface area contributed by atoms with Crippen LogP contribution in [0.2, 0.25) is 0 Å². The number of amides is 1. The molecule has 9 heteroatoms. The lowest BCUT2D eigenvalue weighted by Crippen LogP contribution is -2.23. The second-order valence-corrected chi connectivity index (χ2v) is 7.55. The molecule has 0 saturated heterocycles. The third-order valence-corrected chi connectivity index (χ3v) is 4.89. The van der Waals surface area contributed by atoms with Gasteiger partial charge in [0, 0.05) is 16.1 Å². The van der Waals surface area contributed by atoms with E-state index in [1.54, 1.807) is 31.2 Å². The van der Waals surface area contributed by atoms with E-state index >= 15 is 0 Å². The summed E-state index contributed by atoms with van der Waals surface area (Å²) in [7, 11) is 0. The van der Waals surface area contributed by atoms with Gasteiger partial charge in [0.2, 0.25) is 0 Å². The predicted molar refractivity (Wildman–Crippen MR) is 114 cm³/mol. The Morgan fingerprint density at radius 2 is 1.93 bits per heavy atom. The van der Waals surface area contributed by atoms with Crippen molar-refractivity contribution >= 4 is 46.3 Å².